The zero-order valence-corrected chi connectivity index (χ0v) is 16.0. The van der Waals surface area contributed by atoms with Gasteiger partial charge in [-0.25, -0.2) is 0 Å². The van der Waals surface area contributed by atoms with E-state index in [0.717, 1.165) is 35.2 Å². The molecule has 1 unspecified atom stereocenters. The maximum atomic E-state index is 12.8. The van der Waals surface area contributed by atoms with E-state index in [9.17, 15) is 4.79 Å². The summed E-state index contributed by atoms with van der Waals surface area (Å²) in [6, 6.07) is 11.4. The molecule has 3 aromatic rings. The molecule has 3 heterocycles. The molecule has 1 fully saturated rings. The minimum absolute atomic E-state index is 0.00965. The lowest BCUT2D eigenvalue weighted by Gasteiger charge is -2.25. The summed E-state index contributed by atoms with van der Waals surface area (Å²) in [7, 11) is 0. The average Bonchev–Trinajstić information content (AvgIpc) is 3.30. The van der Waals surface area contributed by atoms with Gasteiger partial charge in [-0.3, -0.25) is 9.78 Å². The van der Waals surface area contributed by atoms with Crippen molar-refractivity contribution in [2.24, 2.45) is 0 Å². The molecule has 138 valence electrons. The lowest BCUT2D eigenvalue weighted by Crippen LogP contribution is -2.31. The van der Waals surface area contributed by atoms with Gasteiger partial charge in [0.2, 0.25) is 0 Å². The molecule has 1 aliphatic rings. The Kier molecular flexibility index (Phi) is 4.70. The van der Waals surface area contributed by atoms with Gasteiger partial charge in [-0.1, -0.05) is 28.9 Å². The maximum absolute atomic E-state index is 12.8. The van der Waals surface area contributed by atoms with E-state index in [1.165, 1.54) is 0 Å². The number of aromatic nitrogens is 2. The first-order chi connectivity index (χ1) is 13.0. The molecule has 0 N–H and O–H groups in total. The van der Waals surface area contributed by atoms with Crippen molar-refractivity contribution in [3.63, 3.8) is 0 Å². The Hall–Kier alpha value is -2.66. The number of likely N-dealkylation sites (tertiary alicyclic amines) is 1. The van der Waals surface area contributed by atoms with E-state index in [1.807, 2.05) is 35.4 Å². The zero-order valence-electron chi connectivity index (χ0n) is 15.3. The highest BCUT2D eigenvalue weighted by molar-refractivity contribution is 6.30. The van der Waals surface area contributed by atoms with Crippen molar-refractivity contribution in [2.45, 2.75) is 32.7 Å². The number of carbonyl (C=O) groups is 1. The van der Waals surface area contributed by atoms with Gasteiger partial charge in [0.25, 0.3) is 5.91 Å². The van der Waals surface area contributed by atoms with Crippen molar-refractivity contribution in [1.29, 1.82) is 0 Å². The van der Waals surface area contributed by atoms with Crippen molar-refractivity contribution in [3.8, 4) is 11.3 Å². The predicted octanol–water partition coefficient (Wildman–Crippen LogP) is 4.98. The van der Waals surface area contributed by atoms with Gasteiger partial charge in [0.1, 0.15) is 5.76 Å². The van der Waals surface area contributed by atoms with Gasteiger partial charge in [-0.2, -0.15) is 0 Å². The van der Waals surface area contributed by atoms with Crippen LogP contribution in [0.25, 0.3) is 11.3 Å². The Morgan fingerprint density at radius 1 is 1.26 bits per heavy atom. The van der Waals surface area contributed by atoms with Gasteiger partial charge >= 0.3 is 0 Å². The highest BCUT2D eigenvalue weighted by Crippen LogP contribution is 2.35. The fraction of sp³-hybridized carbons (Fsp3) is 0.286. The van der Waals surface area contributed by atoms with E-state index in [4.69, 9.17) is 16.1 Å². The molecular formula is C21H20ClN3O2. The van der Waals surface area contributed by atoms with E-state index < -0.39 is 0 Å². The molecule has 0 saturated carbocycles. The summed E-state index contributed by atoms with van der Waals surface area (Å²) in [5, 5.41) is 4.57. The molecule has 4 rings (SSSR count). The molecule has 0 radical (unpaired) electrons. The number of carbonyl (C=O) groups excluding carboxylic acids is 1. The molecular weight excluding hydrogens is 362 g/mol. The monoisotopic (exact) mass is 381 g/mol. The summed E-state index contributed by atoms with van der Waals surface area (Å²) in [5.41, 5.74) is 4.41. The van der Waals surface area contributed by atoms with Crippen molar-refractivity contribution in [3.05, 3.63) is 70.2 Å². The lowest BCUT2D eigenvalue weighted by atomic mass is 9.99. The topological polar surface area (TPSA) is 59.2 Å². The van der Waals surface area contributed by atoms with Crippen LogP contribution in [0.2, 0.25) is 5.02 Å². The van der Waals surface area contributed by atoms with Crippen LogP contribution in [0.4, 0.5) is 0 Å². The maximum Gasteiger partial charge on any atom is 0.276 e. The van der Waals surface area contributed by atoms with Crippen LogP contribution in [0.1, 0.15) is 46.3 Å². The second kappa shape index (κ2) is 7.16. The molecule has 1 aliphatic heterocycles. The van der Waals surface area contributed by atoms with E-state index in [1.54, 1.807) is 13.0 Å². The van der Waals surface area contributed by atoms with Gasteiger partial charge in [-0.15, -0.1) is 0 Å². The predicted molar refractivity (Wildman–Crippen MR) is 104 cm³/mol. The molecule has 0 spiro atoms. The highest BCUT2D eigenvalue weighted by atomic mass is 35.5. The van der Waals surface area contributed by atoms with Crippen LogP contribution in [0.5, 0.6) is 0 Å². The molecule has 1 aromatic carbocycles. The molecule has 5 nitrogen and oxygen atoms in total. The summed E-state index contributed by atoms with van der Waals surface area (Å²) >= 11 is 6.10. The number of hydrogen-bond acceptors (Lipinski definition) is 4. The number of rotatable bonds is 3. The molecule has 0 bridgehead atoms. The van der Waals surface area contributed by atoms with Crippen LogP contribution in [0.15, 0.2) is 47.1 Å². The zero-order chi connectivity index (χ0) is 19.0. The second-order valence-corrected chi connectivity index (χ2v) is 7.35. The first kappa shape index (κ1) is 17.7. The molecule has 1 atom stereocenters. The van der Waals surface area contributed by atoms with Crippen LogP contribution in [-0.2, 0) is 0 Å². The summed E-state index contributed by atoms with van der Waals surface area (Å²) in [5.74, 6) is 0.547. The summed E-state index contributed by atoms with van der Waals surface area (Å²) in [4.78, 5) is 19.4. The Morgan fingerprint density at radius 2 is 2.11 bits per heavy atom. The third-order valence-electron chi connectivity index (χ3n) is 4.99. The molecule has 27 heavy (non-hydrogen) atoms. The summed E-state index contributed by atoms with van der Waals surface area (Å²) in [6.45, 7) is 4.56. The van der Waals surface area contributed by atoms with Crippen LogP contribution >= 0.6 is 11.6 Å². The average molecular weight is 382 g/mol. The number of benzene rings is 1. The number of nitrogens with zero attached hydrogens (tertiary/aromatic N) is 3. The van der Waals surface area contributed by atoms with Gasteiger partial charge in [0, 0.05) is 29.4 Å². The number of hydrogen-bond donors (Lipinski definition) is 0. The largest absolute Gasteiger partial charge is 0.361 e. The standard InChI is InChI=1S/C21H20ClN3O2/c1-13-9-18(15-5-3-6-16(22)11-15)23-12-17(13)20-7-4-8-25(20)21(26)19-10-14(2)27-24-19/h3,5-6,9-12,20H,4,7-8H2,1-2H3. The minimum Gasteiger partial charge on any atom is -0.361 e. The number of amides is 1. The SMILES string of the molecule is Cc1cc(C(=O)N2CCCC2c2cnc(-c3cccc(Cl)c3)cc2C)no1. The smallest absolute Gasteiger partial charge is 0.276 e. The van der Waals surface area contributed by atoms with Crippen LogP contribution in [0, 0.1) is 13.8 Å². The summed E-state index contributed by atoms with van der Waals surface area (Å²) < 4.78 is 5.06. The highest BCUT2D eigenvalue weighted by Gasteiger charge is 2.33. The normalized spacial score (nSPS) is 16.7. The van der Waals surface area contributed by atoms with Crippen LogP contribution in [0.3, 0.4) is 0 Å². The van der Waals surface area contributed by atoms with Gasteiger partial charge in [-0.05, 0) is 56.0 Å². The molecule has 1 saturated heterocycles. The number of pyridine rings is 1. The third-order valence-corrected chi connectivity index (χ3v) is 5.23. The van der Waals surface area contributed by atoms with Crippen LogP contribution in [-0.4, -0.2) is 27.5 Å². The Balaban J connectivity index is 1.63. The molecule has 1 amide bonds. The van der Waals surface area contributed by atoms with E-state index in [-0.39, 0.29) is 11.9 Å². The second-order valence-electron chi connectivity index (χ2n) is 6.92. The Morgan fingerprint density at radius 3 is 2.81 bits per heavy atom. The van der Waals surface area contributed by atoms with Crippen molar-refractivity contribution >= 4 is 17.5 Å². The Bertz CT molecular complexity index is 999. The fourth-order valence-corrected chi connectivity index (χ4v) is 3.86. The summed E-state index contributed by atoms with van der Waals surface area (Å²) in [6.07, 6.45) is 3.76. The van der Waals surface area contributed by atoms with E-state index in [0.29, 0.717) is 23.0 Å². The molecule has 2 aromatic heterocycles. The van der Waals surface area contributed by atoms with Gasteiger partial charge in [0.15, 0.2) is 5.69 Å². The fourth-order valence-electron chi connectivity index (χ4n) is 3.67. The first-order valence-electron chi connectivity index (χ1n) is 8.99. The van der Waals surface area contributed by atoms with Gasteiger partial charge < -0.3 is 9.42 Å². The van der Waals surface area contributed by atoms with Crippen molar-refractivity contribution in [1.82, 2.24) is 15.0 Å². The molecule has 0 aliphatic carbocycles. The van der Waals surface area contributed by atoms with Gasteiger partial charge in [0.05, 0.1) is 11.7 Å². The number of aryl methyl sites for hydroxylation is 2. The van der Waals surface area contributed by atoms with Crippen LogP contribution < -0.4 is 0 Å². The molecule has 6 heteroatoms. The minimum atomic E-state index is -0.0901. The van der Waals surface area contributed by atoms with E-state index >= 15 is 0 Å². The third kappa shape index (κ3) is 3.47. The lowest BCUT2D eigenvalue weighted by molar-refractivity contribution is 0.0724. The van der Waals surface area contributed by atoms with E-state index in [2.05, 4.69) is 23.1 Å². The van der Waals surface area contributed by atoms with Crippen molar-refractivity contribution in [2.75, 3.05) is 6.54 Å². The van der Waals surface area contributed by atoms with Crippen molar-refractivity contribution < 1.29 is 9.32 Å². The first-order valence-corrected chi connectivity index (χ1v) is 9.37. The quantitative estimate of drug-likeness (QED) is 0.641. The Labute approximate surface area is 163 Å². The number of halogens is 1.